The Morgan fingerprint density at radius 2 is 2.39 bits per heavy atom. The number of piperidine rings is 1. The lowest BCUT2D eigenvalue weighted by molar-refractivity contribution is -0.00157. The molecule has 18 heavy (non-hydrogen) atoms. The van der Waals surface area contributed by atoms with Crippen molar-refractivity contribution >= 4 is 17.5 Å². The molecule has 0 spiro atoms. The van der Waals surface area contributed by atoms with Crippen molar-refractivity contribution in [3.8, 4) is 0 Å². The van der Waals surface area contributed by atoms with Crippen molar-refractivity contribution in [2.24, 2.45) is 5.92 Å². The Morgan fingerprint density at radius 3 is 3.06 bits per heavy atom. The summed E-state index contributed by atoms with van der Waals surface area (Å²) in [7, 11) is 1.69. The first kappa shape index (κ1) is 13.3. The van der Waals surface area contributed by atoms with Crippen LogP contribution in [0.2, 0.25) is 5.15 Å². The number of hydrogen-bond donors (Lipinski definition) is 0. The molecule has 0 aliphatic carbocycles. The van der Waals surface area contributed by atoms with Crippen molar-refractivity contribution in [3.63, 3.8) is 0 Å². The number of ether oxygens (including phenoxy) is 1. The highest BCUT2D eigenvalue weighted by Crippen LogP contribution is 2.22. The zero-order valence-corrected chi connectivity index (χ0v) is 11.4. The van der Waals surface area contributed by atoms with E-state index in [0.29, 0.717) is 18.0 Å². The van der Waals surface area contributed by atoms with E-state index in [1.165, 1.54) is 0 Å². The van der Waals surface area contributed by atoms with E-state index < -0.39 is 0 Å². The van der Waals surface area contributed by atoms with Gasteiger partial charge in [-0.3, -0.25) is 4.79 Å². The molecule has 1 aliphatic rings. The Bertz CT molecular complexity index is 439. The Hall–Kier alpha value is -1.13. The molecule has 2 heterocycles. The molecule has 1 amide bonds. The third kappa shape index (κ3) is 2.65. The van der Waals surface area contributed by atoms with Gasteiger partial charge in [0.15, 0.2) is 0 Å². The zero-order chi connectivity index (χ0) is 13.1. The number of rotatable bonds is 2. The van der Waals surface area contributed by atoms with Crippen LogP contribution in [0.4, 0.5) is 0 Å². The van der Waals surface area contributed by atoms with Crippen LogP contribution in [0.3, 0.4) is 0 Å². The lowest BCUT2D eigenvalue weighted by Crippen LogP contribution is -2.46. The molecule has 98 valence electrons. The molecule has 0 bridgehead atoms. The molecule has 0 N–H and O–H groups in total. The number of amides is 1. The molecule has 2 rings (SSSR count). The fourth-order valence-corrected chi connectivity index (χ4v) is 2.44. The lowest BCUT2D eigenvalue weighted by Gasteiger charge is -2.36. The fourth-order valence-electron chi connectivity index (χ4n) is 2.24. The molecule has 2 atom stereocenters. The van der Waals surface area contributed by atoms with Gasteiger partial charge in [0.2, 0.25) is 0 Å². The van der Waals surface area contributed by atoms with E-state index in [1.54, 1.807) is 30.3 Å². The number of carbonyl (C=O) groups excluding carboxylic acids is 1. The molecule has 1 aromatic heterocycles. The molecule has 0 radical (unpaired) electrons. The average Bonchev–Trinajstić information content (AvgIpc) is 2.39. The number of pyridine rings is 1. The predicted octanol–water partition coefficient (Wildman–Crippen LogP) is 2.23. The maximum absolute atomic E-state index is 12.3. The van der Waals surface area contributed by atoms with Crippen LogP contribution >= 0.6 is 11.6 Å². The molecule has 1 saturated heterocycles. The first-order valence-corrected chi connectivity index (χ1v) is 6.44. The third-order valence-electron chi connectivity index (χ3n) is 3.47. The van der Waals surface area contributed by atoms with Gasteiger partial charge in [-0.05, 0) is 24.5 Å². The van der Waals surface area contributed by atoms with Gasteiger partial charge in [-0.25, -0.2) is 4.98 Å². The summed E-state index contributed by atoms with van der Waals surface area (Å²) in [6.07, 6.45) is 2.62. The van der Waals surface area contributed by atoms with Crippen molar-refractivity contribution in [2.75, 3.05) is 20.2 Å². The smallest absolute Gasteiger partial charge is 0.257 e. The van der Waals surface area contributed by atoms with Gasteiger partial charge < -0.3 is 9.64 Å². The number of nitrogens with zero attached hydrogens (tertiary/aromatic N) is 2. The molecule has 1 aromatic rings. The van der Waals surface area contributed by atoms with Crippen LogP contribution in [0.15, 0.2) is 18.3 Å². The minimum absolute atomic E-state index is 0.0675. The average molecular weight is 269 g/mol. The molecule has 1 aliphatic heterocycles. The zero-order valence-electron chi connectivity index (χ0n) is 10.6. The van der Waals surface area contributed by atoms with Crippen LogP contribution in [-0.2, 0) is 4.74 Å². The highest BCUT2D eigenvalue weighted by molar-refractivity contribution is 6.32. The Balaban J connectivity index is 2.13. The topological polar surface area (TPSA) is 42.4 Å². The highest BCUT2D eigenvalue weighted by atomic mass is 35.5. The first-order chi connectivity index (χ1) is 8.63. The molecule has 2 unspecified atom stereocenters. The van der Waals surface area contributed by atoms with Crippen LogP contribution in [-0.4, -0.2) is 42.1 Å². The van der Waals surface area contributed by atoms with Crippen molar-refractivity contribution in [3.05, 3.63) is 29.0 Å². The summed E-state index contributed by atoms with van der Waals surface area (Å²) in [6.45, 7) is 3.50. The summed E-state index contributed by atoms with van der Waals surface area (Å²) in [5.41, 5.74) is 0.462. The van der Waals surface area contributed by atoms with Gasteiger partial charge in [0.25, 0.3) is 5.91 Å². The summed E-state index contributed by atoms with van der Waals surface area (Å²) in [4.78, 5) is 18.1. The van der Waals surface area contributed by atoms with Crippen LogP contribution in [0, 0.1) is 5.92 Å². The molecular weight excluding hydrogens is 252 g/mol. The lowest BCUT2D eigenvalue weighted by atomic mass is 9.95. The second kappa shape index (κ2) is 5.67. The normalized spacial score (nSPS) is 24.1. The van der Waals surface area contributed by atoms with Gasteiger partial charge in [-0.2, -0.15) is 0 Å². The Morgan fingerprint density at radius 1 is 1.61 bits per heavy atom. The summed E-state index contributed by atoms with van der Waals surface area (Å²) < 4.78 is 5.41. The van der Waals surface area contributed by atoms with E-state index in [9.17, 15) is 4.79 Å². The van der Waals surface area contributed by atoms with Gasteiger partial charge >= 0.3 is 0 Å². The summed E-state index contributed by atoms with van der Waals surface area (Å²) in [5, 5.41) is 0.259. The number of likely N-dealkylation sites (tertiary alicyclic amines) is 1. The minimum Gasteiger partial charge on any atom is -0.379 e. The van der Waals surface area contributed by atoms with Crippen molar-refractivity contribution in [1.29, 1.82) is 0 Å². The molecule has 0 aromatic carbocycles. The first-order valence-electron chi connectivity index (χ1n) is 6.06. The van der Waals surface area contributed by atoms with Gasteiger partial charge in [-0.1, -0.05) is 18.5 Å². The SMILES string of the molecule is COC1CN(C(=O)c2cccnc2Cl)CCC1C. The van der Waals surface area contributed by atoms with E-state index in [0.717, 1.165) is 13.0 Å². The summed E-state index contributed by atoms with van der Waals surface area (Å²) in [6, 6.07) is 3.43. The second-order valence-electron chi connectivity index (χ2n) is 4.63. The fraction of sp³-hybridized carbons (Fsp3) is 0.538. The van der Waals surface area contributed by atoms with Crippen molar-refractivity contribution in [2.45, 2.75) is 19.4 Å². The van der Waals surface area contributed by atoms with Gasteiger partial charge in [0, 0.05) is 26.4 Å². The summed E-state index contributed by atoms with van der Waals surface area (Å²) in [5.74, 6) is 0.408. The number of methoxy groups -OCH3 is 1. The standard InChI is InChI=1S/C13H17ClN2O2/c1-9-5-7-16(8-11(9)18-2)13(17)10-4-3-6-15-12(10)14/h3-4,6,9,11H,5,7-8H2,1-2H3. The number of hydrogen-bond acceptors (Lipinski definition) is 3. The molecule has 4 nitrogen and oxygen atoms in total. The van der Waals surface area contributed by atoms with E-state index in [1.807, 2.05) is 0 Å². The monoisotopic (exact) mass is 268 g/mol. The van der Waals surface area contributed by atoms with Crippen molar-refractivity contribution < 1.29 is 9.53 Å². The number of aromatic nitrogens is 1. The van der Waals surface area contributed by atoms with E-state index in [2.05, 4.69) is 11.9 Å². The van der Waals surface area contributed by atoms with Gasteiger partial charge in [0.1, 0.15) is 5.15 Å². The maximum atomic E-state index is 12.3. The van der Waals surface area contributed by atoms with Crippen molar-refractivity contribution in [1.82, 2.24) is 9.88 Å². The quantitative estimate of drug-likeness (QED) is 0.773. The number of carbonyl (C=O) groups is 1. The molecule has 0 saturated carbocycles. The second-order valence-corrected chi connectivity index (χ2v) is 4.99. The van der Waals surface area contributed by atoms with Gasteiger partial charge in [0.05, 0.1) is 11.7 Å². The minimum atomic E-state index is -0.0675. The molecule has 1 fully saturated rings. The van der Waals surface area contributed by atoms with Crippen LogP contribution in [0.1, 0.15) is 23.7 Å². The van der Waals surface area contributed by atoms with Crippen LogP contribution in [0.5, 0.6) is 0 Å². The Labute approximate surface area is 112 Å². The van der Waals surface area contributed by atoms with Crippen LogP contribution in [0.25, 0.3) is 0 Å². The maximum Gasteiger partial charge on any atom is 0.257 e. The van der Waals surface area contributed by atoms with E-state index >= 15 is 0 Å². The molecular formula is C13H17ClN2O2. The van der Waals surface area contributed by atoms with E-state index in [-0.39, 0.29) is 17.2 Å². The Kier molecular flexibility index (Phi) is 4.19. The number of halogens is 1. The van der Waals surface area contributed by atoms with E-state index in [4.69, 9.17) is 16.3 Å². The molecule has 5 heteroatoms. The van der Waals surface area contributed by atoms with Gasteiger partial charge in [-0.15, -0.1) is 0 Å². The summed E-state index contributed by atoms with van der Waals surface area (Å²) >= 11 is 5.95. The highest BCUT2D eigenvalue weighted by Gasteiger charge is 2.30. The predicted molar refractivity (Wildman–Crippen MR) is 69.7 cm³/mol. The van der Waals surface area contributed by atoms with Crippen LogP contribution < -0.4 is 0 Å². The largest absolute Gasteiger partial charge is 0.379 e. The third-order valence-corrected chi connectivity index (χ3v) is 3.77.